The van der Waals surface area contributed by atoms with Crippen LogP contribution in [0.4, 0.5) is 0 Å². The number of methoxy groups -OCH3 is 1. The van der Waals surface area contributed by atoms with Crippen molar-refractivity contribution in [1.82, 2.24) is 9.78 Å². The zero-order valence-corrected chi connectivity index (χ0v) is 13.6. The second kappa shape index (κ2) is 6.72. The fraction of sp³-hybridized carbons (Fsp3) is 0.357. The van der Waals surface area contributed by atoms with Crippen LogP contribution < -0.4 is 0 Å². The molecular formula is C14H16BrClN2O2. The summed E-state index contributed by atoms with van der Waals surface area (Å²) in [5, 5.41) is 15.5. The van der Waals surface area contributed by atoms with Gasteiger partial charge in [0.05, 0.1) is 29.5 Å². The Labute approximate surface area is 131 Å². The van der Waals surface area contributed by atoms with E-state index in [4.69, 9.17) is 16.3 Å². The number of hydrogen-bond donors (Lipinski definition) is 1. The van der Waals surface area contributed by atoms with Crippen molar-refractivity contribution in [2.45, 2.75) is 19.6 Å². The summed E-state index contributed by atoms with van der Waals surface area (Å²) < 4.78 is 7.56. The van der Waals surface area contributed by atoms with Gasteiger partial charge < -0.3 is 9.84 Å². The summed E-state index contributed by atoms with van der Waals surface area (Å²) in [7, 11) is 1.63. The van der Waals surface area contributed by atoms with E-state index in [1.807, 2.05) is 19.1 Å². The molecule has 1 unspecified atom stereocenters. The summed E-state index contributed by atoms with van der Waals surface area (Å²) in [5.74, 6) is 0. The van der Waals surface area contributed by atoms with Gasteiger partial charge in [-0.3, -0.25) is 4.68 Å². The molecule has 1 aromatic carbocycles. The molecule has 1 atom stereocenters. The first-order chi connectivity index (χ1) is 9.54. The Bertz CT molecular complexity index is 601. The van der Waals surface area contributed by atoms with E-state index >= 15 is 0 Å². The first-order valence-corrected chi connectivity index (χ1v) is 7.36. The molecule has 0 fully saturated rings. The largest absolute Gasteiger partial charge is 0.383 e. The number of aromatic nitrogens is 2. The van der Waals surface area contributed by atoms with E-state index in [2.05, 4.69) is 21.0 Å². The minimum absolute atomic E-state index is 0.530. The van der Waals surface area contributed by atoms with Crippen LogP contribution in [0.25, 0.3) is 0 Å². The maximum Gasteiger partial charge on any atom is 0.122 e. The maximum atomic E-state index is 10.7. The second-order valence-electron chi connectivity index (χ2n) is 4.50. The van der Waals surface area contributed by atoms with Crippen molar-refractivity contribution in [3.05, 3.63) is 50.7 Å². The topological polar surface area (TPSA) is 47.3 Å². The molecule has 0 radical (unpaired) electrons. The van der Waals surface area contributed by atoms with Gasteiger partial charge in [-0.05, 0) is 46.1 Å². The number of aliphatic hydroxyl groups is 1. The highest BCUT2D eigenvalue weighted by atomic mass is 79.9. The van der Waals surface area contributed by atoms with Crippen molar-refractivity contribution in [2.75, 3.05) is 13.7 Å². The van der Waals surface area contributed by atoms with Gasteiger partial charge in [0.25, 0.3) is 0 Å². The zero-order valence-electron chi connectivity index (χ0n) is 11.3. The standard InChI is InChI=1S/C14H16BrClN2O2/c1-9-3-4-10(16)7-11(9)14(19)13-12(15)8-17-18(13)5-6-20-2/h3-4,7-8,14,19H,5-6H2,1-2H3. The predicted octanol–water partition coefficient (Wildman–Crippen LogP) is 3.34. The molecule has 1 heterocycles. The lowest BCUT2D eigenvalue weighted by atomic mass is 10.0. The smallest absolute Gasteiger partial charge is 0.122 e. The van der Waals surface area contributed by atoms with Crippen molar-refractivity contribution in [3.8, 4) is 0 Å². The van der Waals surface area contributed by atoms with Gasteiger partial charge in [0.1, 0.15) is 6.10 Å². The number of hydrogen-bond acceptors (Lipinski definition) is 3. The van der Waals surface area contributed by atoms with E-state index in [1.165, 1.54) is 0 Å². The van der Waals surface area contributed by atoms with Crippen molar-refractivity contribution in [2.24, 2.45) is 0 Å². The van der Waals surface area contributed by atoms with Crippen molar-refractivity contribution < 1.29 is 9.84 Å². The molecule has 20 heavy (non-hydrogen) atoms. The summed E-state index contributed by atoms with van der Waals surface area (Å²) in [6.07, 6.45) is 0.885. The molecular weight excluding hydrogens is 344 g/mol. The molecule has 0 saturated carbocycles. The third-order valence-electron chi connectivity index (χ3n) is 3.14. The summed E-state index contributed by atoms with van der Waals surface area (Å²) in [5.41, 5.74) is 2.46. The molecule has 1 aromatic heterocycles. The van der Waals surface area contributed by atoms with Crippen molar-refractivity contribution >= 4 is 27.5 Å². The Morgan fingerprint density at radius 1 is 1.50 bits per heavy atom. The quantitative estimate of drug-likeness (QED) is 0.890. The van der Waals surface area contributed by atoms with Crippen LogP contribution in [0.3, 0.4) is 0 Å². The van der Waals surface area contributed by atoms with Crippen LogP contribution in [0.15, 0.2) is 28.9 Å². The zero-order chi connectivity index (χ0) is 14.7. The number of ether oxygens (including phenoxy) is 1. The van der Waals surface area contributed by atoms with Gasteiger partial charge in [0.15, 0.2) is 0 Å². The second-order valence-corrected chi connectivity index (χ2v) is 5.79. The normalized spacial score (nSPS) is 12.7. The number of halogens is 2. The van der Waals surface area contributed by atoms with Gasteiger partial charge in [-0.15, -0.1) is 0 Å². The summed E-state index contributed by atoms with van der Waals surface area (Å²) in [6, 6.07) is 5.48. The SMILES string of the molecule is COCCn1ncc(Br)c1C(O)c1cc(Cl)ccc1C. The highest BCUT2D eigenvalue weighted by molar-refractivity contribution is 9.10. The lowest BCUT2D eigenvalue weighted by Gasteiger charge is -2.17. The van der Waals surface area contributed by atoms with E-state index in [0.29, 0.717) is 23.9 Å². The van der Waals surface area contributed by atoms with Crippen LogP contribution in [-0.2, 0) is 11.3 Å². The molecule has 4 nitrogen and oxygen atoms in total. The van der Waals surface area contributed by atoms with Crippen LogP contribution in [0.5, 0.6) is 0 Å². The summed E-state index contributed by atoms with van der Waals surface area (Å²) in [6.45, 7) is 3.05. The Morgan fingerprint density at radius 2 is 2.25 bits per heavy atom. The van der Waals surface area contributed by atoms with Crippen LogP contribution in [0.2, 0.25) is 5.02 Å². The van der Waals surface area contributed by atoms with E-state index in [0.717, 1.165) is 15.6 Å². The lowest BCUT2D eigenvalue weighted by Crippen LogP contribution is -2.14. The van der Waals surface area contributed by atoms with E-state index in [1.54, 1.807) is 24.1 Å². The Kier molecular flexibility index (Phi) is 5.21. The molecule has 0 saturated heterocycles. The van der Waals surface area contributed by atoms with Gasteiger partial charge >= 0.3 is 0 Å². The molecule has 6 heteroatoms. The van der Waals surface area contributed by atoms with Crippen LogP contribution in [0.1, 0.15) is 22.9 Å². The minimum Gasteiger partial charge on any atom is -0.383 e. The minimum atomic E-state index is -0.789. The van der Waals surface area contributed by atoms with Gasteiger partial charge in [-0.2, -0.15) is 5.10 Å². The molecule has 0 amide bonds. The number of aryl methyl sites for hydroxylation is 1. The molecule has 0 aliphatic carbocycles. The van der Waals surface area contributed by atoms with Gasteiger partial charge in [0.2, 0.25) is 0 Å². The fourth-order valence-corrected chi connectivity index (χ4v) is 2.75. The molecule has 108 valence electrons. The number of benzene rings is 1. The van der Waals surface area contributed by atoms with E-state index in [-0.39, 0.29) is 0 Å². The number of rotatable bonds is 5. The van der Waals surface area contributed by atoms with E-state index in [9.17, 15) is 5.11 Å². The van der Waals surface area contributed by atoms with Gasteiger partial charge in [0, 0.05) is 12.1 Å². The monoisotopic (exact) mass is 358 g/mol. The molecule has 0 bridgehead atoms. The Morgan fingerprint density at radius 3 is 2.95 bits per heavy atom. The van der Waals surface area contributed by atoms with Crippen molar-refractivity contribution in [1.29, 1.82) is 0 Å². The lowest BCUT2D eigenvalue weighted by molar-refractivity contribution is 0.171. The molecule has 2 aromatic rings. The molecule has 0 aliphatic rings. The maximum absolute atomic E-state index is 10.7. The summed E-state index contributed by atoms with van der Waals surface area (Å²) in [4.78, 5) is 0. The molecule has 2 rings (SSSR count). The average Bonchev–Trinajstić information content (AvgIpc) is 2.79. The van der Waals surface area contributed by atoms with Crippen LogP contribution in [0, 0.1) is 6.92 Å². The van der Waals surface area contributed by atoms with Crippen molar-refractivity contribution in [3.63, 3.8) is 0 Å². The number of nitrogens with zero attached hydrogens (tertiary/aromatic N) is 2. The van der Waals surface area contributed by atoms with Crippen LogP contribution >= 0.6 is 27.5 Å². The Balaban J connectivity index is 2.39. The third-order valence-corrected chi connectivity index (χ3v) is 3.98. The first-order valence-electron chi connectivity index (χ1n) is 6.19. The van der Waals surface area contributed by atoms with E-state index < -0.39 is 6.10 Å². The highest BCUT2D eigenvalue weighted by Crippen LogP contribution is 2.31. The fourth-order valence-electron chi connectivity index (χ4n) is 2.05. The van der Waals surface area contributed by atoms with Gasteiger partial charge in [-0.1, -0.05) is 17.7 Å². The van der Waals surface area contributed by atoms with Crippen LogP contribution in [-0.4, -0.2) is 28.6 Å². The highest BCUT2D eigenvalue weighted by Gasteiger charge is 2.21. The Hall–Kier alpha value is -0.880. The average molecular weight is 360 g/mol. The molecule has 1 N–H and O–H groups in total. The molecule has 0 aliphatic heterocycles. The molecule has 0 spiro atoms. The predicted molar refractivity (Wildman–Crippen MR) is 82.1 cm³/mol. The first kappa shape index (κ1) is 15.5. The van der Waals surface area contributed by atoms with Gasteiger partial charge in [-0.25, -0.2) is 0 Å². The summed E-state index contributed by atoms with van der Waals surface area (Å²) >= 11 is 9.45. The number of aliphatic hydroxyl groups excluding tert-OH is 1. The third kappa shape index (κ3) is 3.23.